The molecule has 0 aromatic carbocycles. The standard InChI is InChI=1S/C79H141N3O31.H3N/c1-5-7-9-11-13-15-17-19-20-21-22-23-24-25-26-28-30-32-34-36-38-40-58(93)82-50(51(90)39-37-35-33-31-29-27-18-16-14-12-10-8-6-2)47-104-75-67(100)65(98)69(56(45-86)107-75)109-77-68(101)73(113-79(78(102)103)41-52(91)59(80-48(3)88)72(112-79)61(94)53(92)42-83)70(57(46-87)108-77)110-74-60(81-49(4)89)71(63(96)55(44-85)105-74)111-76-66(99)64(97)62(95)54(43-84)106-76;/h19-20,37,39,50-57,59-77,83-87,90-92,94-101H,5-18,21-36,38,40-47H2,1-4H3,(H,80,88)(H,81,89)(H,82,93)(H,102,103);1H3/b20-19-,39-37+;/t50-,51+,52-,53+,54+,55+,56+,57+,59+,60+,61+,62-,63-,64-,65+,66+,67+,68+,69+,70-,71+,72+,73+,74-,75+,76-,77-,79-;/m0./s1. The monoisotopic (exact) mass is 1640 g/mol. The number of hydrogen-bond acceptors (Lipinski definition) is 31. The topological polar surface area (TPSA) is 580 Å². The van der Waals surface area contributed by atoms with Crippen molar-refractivity contribution in [3.63, 3.8) is 0 Å². The molecule has 28 atom stereocenters. The van der Waals surface area contributed by atoms with Gasteiger partial charge < -0.3 is 161 Å². The van der Waals surface area contributed by atoms with Crippen LogP contribution in [-0.2, 0) is 66.5 Å². The molecule has 5 aliphatic heterocycles. The van der Waals surface area contributed by atoms with E-state index in [1.807, 2.05) is 6.08 Å². The van der Waals surface area contributed by atoms with E-state index in [4.69, 9.17) is 47.4 Å². The molecular weight excluding hydrogens is 1500 g/mol. The summed E-state index contributed by atoms with van der Waals surface area (Å²) in [4.78, 5) is 53.0. The van der Waals surface area contributed by atoms with E-state index in [1.54, 1.807) is 0 Å². The smallest absolute Gasteiger partial charge is 0.220 e. The number of amides is 3. The molecule has 5 fully saturated rings. The van der Waals surface area contributed by atoms with Crippen molar-refractivity contribution in [2.24, 2.45) is 0 Å². The predicted octanol–water partition coefficient (Wildman–Crippen LogP) is 0.116. The van der Waals surface area contributed by atoms with Gasteiger partial charge in [-0.25, -0.2) is 0 Å². The van der Waals surface area contributed by atoms with Crippen molar-refractivity contribution in [1.82, 2.24) is 22.1 Å². The van der Waals surface area contributed by atoms with Gasteiger partial charge in [0.25, 0.3) is 0 Å². The van der Waals surface area contributed by atoms with Gasteiger partial charge in [0.15, 0.2) is 25.2 Å². The van der Waals surface area contributed by atoms with Gasteiger partial charge in [0, 0.05) is 26.7 Å². The number of carboxylic acids is 1. The van der Waals surface area contributed by atoms with Crippen LogP contribution in [0.4, 0.5) is 0 Å². The SMILES string of the molecule is CCCCCCCC/C=C\CCCCCCCCCCCCCC(=O)N[C@@H](CO[C@@H]1O[C@H](CO)[C@@H](O[C@@H]2O[C@H](CO)[C@H](O[C@@H]3O[C@H](CO)[C@H](O)[C@H](O[C@@H]4O[C@H](CO)[C@H](O)[C@H](O)[C@H]4O)[C@H]3NC(C)=O)[C@H](O[C@]3(C(=O)[O-])C[C@H](O)[C@@H](NC(C)=O)[C@H]([C@H](O)[C@H](O)CO)O3)[C@H]2O)[C@H](O)[C@H]1O)[C@H](O)/C=C/CCCCCCCCCCCCC.[NH4+]. The number of rotatable bonds is 57. The van der Waals surface area contributed by atoms with Crippen LogP contribution in [0.3, 0.4) is 0 Å². The summed E-state index contributed by atoms with van der Waals surface area (Å²) in [5, 5.41) is 200. The molecule has 35 heteroatoms. The third-order valence-electron chi connectivity index (χ3n) is 21.7. The highest BCUT2D eigenvalue weighted by atomic mass is 16.8. The first-order valence-electron chi connectivity index (χ1n) is 41.7. The zero-order valence-corrected chi connectivity index (χ0v) is 67.8. The van der Waals surface area contributed by atoms with Gasteiger partial charge in [-0.3, -0.25) is 14.4 Å². The van der Waals surface area contributed by atoms with Crippen LogP contribution in [0.1, 0.15) is 240 Å². The lowest BCUT2D eigenvalue weighted by Crippen LogP contribution is -2.73. The number of aliphatic hydroxyl groups is 16. The molecule has 0 saturated carbocycles. The second-order valence-electron chi connectivity index (χ2n) is 31.0. The molecule has 5 heterocycles. The van der Waals surface area contributed by atoms with Gasteiger partial charge >= 0.3 is 0 Å². The fraction of sp³-hybridized carbons (Fsp3) is 0.899. The molecule has 0 aromatic rings. The predicted molar refractivity (Wildman–Crippen MR) is 409 cm³/mol. The first-order valence-corrected chi connectivity index (χ1v) is 41.7. The molecule has 0 spiro atoms. The zero-order chi connectivity index (χ0) is 83.0. The highest BCUT2D eigenvalue weighted by Crippen LogP contribution is 2.41. The second-order valence-corrected chi connectivity index (χ2v) is 31.0. The summed E-state index contributed by atoms with van der Waals surface area (Å²) in [7, 11) is 0. The van der Waals surface area contributed by atoms with Crippen molar-refractivity contribution in [3.8, 4) is 0 Å². The third kappa shape index (κ3) is 33.0. The number of ether oxygens (including phenoxy) is 10. The maximum absolute atomic E-state index is 13.7. The van der Waals surface area contributed by atoms with Crippen LogP contribution in [0.5, 0.6) is 0 Å². The molecule has 5 aliphatic rings. The van der Waals surface area contributed by atoms with Gasteiger partial charge in [0.05, 0.1) is 63.9 Å². The van der Waals surface area contributed by atoms with Crippen LogP contribution in [0.25, 0.3) is 0 Å². The van der Waals surface area contributed by atoms with Crippen molar-refractivity contribution in [2.75, 3.05) is 39.6 Å². The highest BCUT2D eigenvalue weighted by molar-refractivity contribution is 5.76. The number of carboxylic acid groups (broad SMARTS) is 1. The average molecular weight is 1650 g/mol. The van der Waals surface area contributed by atoms with E-state index in [9.17, 15) is 106 Å². The Kier molecular flexibility index (Phi) is 50.4. The molecule has 5 saturated heterocycles. The fourth-order valence-electron chi connectivity index (χ4n) is 15.1. The Bertz CT molecular complexity index is 2660. The molecule has 3 amide bonds. The fourth-order valence-corrected chi connectivity index (χ4v) is 15.1. The summed E-state index contributed by atoms with van der Waals surface area (Å²) >= 11 is 0. The molecule has 666 valence electrons. The van der Waals surface area contributed by atoms with E-state index in [2.05, 4.69) is 41.9 Å². The molecule has 114 heavy (non-hydrogen) atoms. The molecule has 0 aliphatic carbocycles. The largest absolute Gasteiger partial charge is 0.544 e. The van der Waals surface area contributed by atoms with Gasteiger partial charge in [-0.15, -0.1) is 0 Å². The lowest BCUT2D eigenvalue weighted by atomic mass is 9.88. The van der Waals surface area contributed by atoms with Gasteiger partial charge in [0.2, 0.25) is 23.5 Å². The quantitative estimate of drug-likeness (QED) is 0.0284. The summed E-state index contributed by atoms with van der Waals surface area (Å²) < 4.78 is 60.0. The molecule has 0 aromatic heterocycles. The first-order chi connectivity index (χ1) is 54.3. The van der Waals surface area contributed by atoms with Crippen LogP contribution in [0.15, 0.2) is 24.3 Å². The van der Waals surface area contributed by atoms with Crippen molar-refractivity contribution in [3.05, 3.63) is 24.3 Å². The molecule has 0 unspecified atom stereocenters. The Balaban J connectivity index is 0.0000274. The zero-order valence-electron chi connectivity index (χ0n) is 67.8. The number of nitrogens with one attached hydrogen (secondary N) is 3. The van der Waals surface area contributed by atoms with Crippen molar-refractivity contribution in [1.29, 1.82) is 0 Å². The minimum Gasteiger partial charge on any atom is -0.544 e. The Morgan fingerprint density at radius 1 is 0.474 bits per heavy atom. The number of carbonyl (C=O) groups excluding carboxylic acids is 4. The van der Waals surface area contributed by atoms with Crippen LogP contribution < -0.4 is 27.2 Å². The average Bonchev–Trinajstić information content (AvgIpc) is 0.767. The normalized spacial score (nSPS) is 33.2. The summed E-state index contributed by atoms with van der Waals surface area (Å²) in [6, 6.07) is -4.86. The minimum absolute atomic E-state index is 0. The number of allylic oxidation sites excluding steroid dienone is 3. The highest BCUT2D eigenvalue weighted by Gasteiger charge is 2.61. The number of unbranched alkanes of at least 4 members (excludes halogenated alkanes) is 28. The lowest BCUT2D eigenvalue weighted by molar-refractivity contribution is -0.421. The second kappa shape index (κ2) is 56.0. The number of aliphatic hydroxyl groups excluding tert-OH is 16. The molecule has 35 nitrogen and oxygen atoms in total. The molecule has 23 N–H and O–H groups in total. The molecule has 0 bridgehead atoms. The van der Waals surface area contributed by atoms with Gasteiger partial charge in [0.1, 0.15) is 122 Å². The Morgan fingerprint density at radius 2 is 0.895 bits per heavy atom. The molecular formula is C79H144N4O31. The molecule has 5 rings (SSSR count). The van der Waals surface area contributed by atoms with Gasteiger partial charge in [-0.1, -0.05) is 192 Å². The van der Waals surface area contributed by atoms with Gasteiger partial charge in [-0.2, -0.15) is 0 Å². The Morgan fingerprint density at radius 3 is 1.39 bits per heavy atom. The van der Waals surface area contributed by atoms with E-state index in [1.165, 1.54) is 128 Å². The number of quaternary nitrogens is 1. The van der Waals surface area contributed by atoms with Crippen molar-refractivity contribution in [2.45, 2.75) is 411 Å². The number of aliphatic carboxylic acids is 1. The van der Waals surface area contributed by atoms with Crippen molar-refractivity contribution >= 4 is 23.7 Å². The van der Waals surface area contributed by atoms with Crippen LogP contribution in [-0.4, -0.2) is 316 Å². The summed E-state index contributed by atoms with van der Waals surface area (Å²) in [5.41, 5.74) is 0. The van der Waals surface area contributed by atoms with Gasteiger partial charge in [-0.05, 0) is 44.9 Å². The Hall–Kier alpha value is -3.72. The third-order valence-corrected chi connectivity index (χ3v) is 21.7. The van der Waals surface area contributed by atoms with Crippen molar-refractivity contribution < 1.29 is 153 Å². The molecule has 0 radical (unpaired) electrons. The first kappa shape index (κ1) is 103. The number of hydrogen-bond donors (Lipinski definition) is 20. The summed E-state index contributed by atoms with van der Waals surface area (Å²) in [6.07, 6.45) is -7.85. The van der Waals surface area contributed by atoms with E-state index in [0.717, 1.165) is 78.1 Å². The van der Waals surface area contributed by atoms with E-state index >= 15 is 0 Å². The van der Waals surface area contributed by atoms with Crippen LogP contribution in [0.2, 0.25) is 0 Å². The maximum atomic E-state index is 13.7. The maximum Gasteiger partial charge on any atom is 0.220 e. The van der Waals surface area contributed by atoms with Crippen LogP contribution >= 0.6 is 0 Å². The minimum atomic E-state index is -3.49. The number of carbonyl (C=O) groups is 4. The Labute approximate surface area is 671 Å². The lowest BCUT2D eigenvalue weighted by Gasteiger charge is -2.54. The van der Waals surface area contributed by atoms with E-state index in [-0.39, 0.29) is 18.5 Å². The van der Waals surface area contributed by atoms with E-state index < -0.39 is 235 Å². The van der Waals surface area contributed by atoms with Crippen LogP contribution in [0, 0.1) is 0 Å². The van der Waals surface area contributed by atoms with E-state index in [0.29, 0.717) is 12.8 Å². The summed E-state index contributed by atoms with van der Waals surface area (Å²) in [6.45, 7) is 0.255. The summed E-state index contributed by atoms with van der Waals surface area (Å²) in [5.74, 6) is -8.10.